The SMILES string of the molecule is Cc1ccc(N2CCN(CCCN3C(=O)C4CCCN4C3=O)CC2)cc1.[Cl-]. The summed E-state index contributed by atoms with van der Waals surface area (Å²) in [5, 5.41) is 0. The van der Waals surface area contributed by atoms with E-state index < -0.39 is 0 Å². The molecule has 3 fully saturated rings. The summed E-state index contributed by atoms with van der Waals surface area (Å²) >= 11 is 0. The van der Waals surface area contributed by atoms with Crippen LogP contribution >= 0.6 is 0 Å². The van der Waals surface area contributed by atoms with Gasteiger partial charge in [0.15, 0.2) is 0 Å². The van der Waals surface area contributed by atoms with E-state index in [0.717, 1.165) is 58.5 Å². The van der Waals surface area contributed by atoms with Crippen molar-refractivity contribution in [3.63, 3.8) is 0 Å². The Morgan fingerprint density at radius 2 is 1.67 bits per heavy atom. The first kappa shape index (κ1) is 20.0. The van der Waals surface area contributed by atoms with Gasteiger partial charge in [0.25, 0.3) is 5.91 Å². The number of benzene rings is 1. The minimum Gasteiger partial charge on any atom is -1.00 e. The summed E-state index contributed by atoms with van der Waals surface area (Å²) < 4.78 is 0. The maximum Gasteiger partial charge on any atom is 0.327 e. The Morgan fingerprint density at radius 3 is 2.33 bits per heavy atom. The fourth-order valence-electron chi connectivity index (χ4n) is 4.33. The van der Waals surface area contributed by atoms with Crippen molar-refractivity contribution < 1.29 is 22.0 Å². The summed E-state index contributed by atoms with van der Waals surface area (Å²) in [6, 6.07) is 8.49. The van der Waals surface area contributed by atoms with Gasteiger partial charge >= 0.3 is 6.03 Å². The summed E-state index contributed by atoms with van der Waals surface area (Å²) in [5.41, 5.74) is 2.59. The van der Waals surface area contributed by atoms with Gasteiger partial charge in [-0.05, 0) is 44.9 Å². The van der Waals surface area contributed by atoms with Crippen molar-refractivity contribution in [2.45, 2.75) is 32.2 Å². The summed E-state index contributed by atoms with van der Waals surface area (Å²) in [7, 11) is 0. The second-order valence-electron chi connectivity index (χ2n) is 7.64. The number of hydrogen-bond donors (Lipinski definition) is 0. The summed E-state index contributed by atoms with van der Waals surface area (Å²) in [5.74, 6) is 0.0247. The lowest BCUT2D eigenvalue weighted by molar-refractivity contribution is -0.128. The molecule has 27 heavy (non-hydrogen) atoms. The van der Waals surface area contributed by atoms with Crippen molar-refractivity contribution in [2.24, 2.45) is 0 Å². The van der Waals surface area contributed by atoms with Crippen LogP contribution in [0.25, 0.3) is 0 Å². The average molecular weight is 392 g/mol. The van der Waals surface area contributed by atoms with E-state index >= 15 is 0 Å². The average Bonchev–Trinajstić information content (AvgIpc) is 3.22. The Bertz CT molecular complexity index is 651. The molecule has 7 heteroatoms. The van der Waals surface area contributed by atoms with Crippen LogP contribution in [0.15, 0.2) is 24.3 Å². The first-order chi connectivity index (χ1) is 12.6. The van der Waals surface area contributed by atoms with E-state index in [1.165, 1.54) is 16.2 Å². The van der Waals surface area contributed by atoms with Gasteiger partial charge in [-0.2, -0.15) is 0 Å². The molecule has 3 amide bonds. The van der Waals surface area contributed by atoms with Crippen LogP contribution in [0.5, 0.6) is 0 Å². The van der Waals surface area contributed by atoms with Crippen LogP contribution in [-0.2, 0) is 4.79 Å². The highest BCUT2D eigenvalue weighted by molar-refractivity contribution is 6.04. The van der Waals surface area contributed by atoms with Crippen molar-refractivity contribution in [1.82, 2.24) is 14.7 Å². The topological polar surface area (TPSA) is 47.1 Å². The second kappa shape index (κ2) is 8.48. The molecule has 0 spiro atoms. The first-order valence-corrected chi connectivity index (χ1v) is 9.79. The Labute approximate surface area is 167 Å². The number of urea groups is 1. The molecular weight excluding hydrogens is 364 g/mol. The predicted octanol–water partition coefficient (Wildman–Crippen LogP) is -1.06. The van der Waals surface area contributed by atoms with Crippen LogP contribution in [0.1, 0.15) is 24.8 Å². The van der Waals surface area contributed by atoms with Gasteiger partial charge in [-0.25, -0.2) is 4.79 Å². The zero-order chi connectivity index (χ0) is 18.1. The van der Waals surface area contributed by atoms with Crippen LogP contribution in [0, 0.1) is 6.92 Å². The highest BCUT2D eigenvalue weighted by Crippen LogP contribution is 2.27. The van der Waals surface area contributed by atoms with E-state index in [0.29, 0.717) is 6.54 Å². The molecule has 0 aliphatic carbocycles. The Morgan fingerprint density at radius 1 is 0.963 bits per heavy atom. The predicted molar refractivity (Wildman–Crippen MR) is 101 cm³/mol. The largest absolute Gasteiger partial charge is 1.00 e. The summed E-state index contributed by atoms with van der Waals surface area (Å²) in [6.07, 6.45) is 2.66. The quantitative estimate of drug-likeness (QED) is 0.600. The minimum absolute atomic E-state index is 0. The third kappa shape index (κ3) is 4.06. The maximum absolute atomic E-state index is 12.3. The molecule has 6 nitrogen and oxygen atoms in total. The minimum atomic E-state index is -0.166. The van der Waals surface area contributed by atoms with Gasteiger partial charge in [0.05, 0.1) is 0 Å². The van der Waals surface area contributed by atoms with Crippen LogP contribution in [-0.4, -0.2) is 78.5 Å². The monoisotopic (exact) mass is 391 g/mol. The Kier molecular flexibility index (Phi) is 6.27. The number of halogens is 1. The number of amides is 3. The van der Waals surface area contributed by atoms with Gasteiger partial charge in [-0.1, -0.05) is 17.7 Å². The molecule has 1 aromatic rings. The van der Waals surface area contributed by atoms with Gasteiger partial charge in [-0.15, -0.1) is 0 Å². The number of carbonyl (C=O) groups is 2. The third-order valence-electron chi connectivity index (χ3n) is 5.91. The smallest absolute Gasteiger partial charge is 0.327 e. The first-order valence-electron chi connectivity index (χ1n) is 9.79. The van der Waals surface area contributed by atoms with Crippen molar-refractivity contribution in [1.29, 1.82) is 0 Å². The fourth-order valence-corrected chi connectivity index (χ4v) is 4.33. The van der Waals surface area contributed by atoms with E-state index in [4.69, 9.17) is 0 Å². The van der Waals surface area contributed by atoms with E-state index in [9.17, 15) is 9.59 Å². The molecule has 3 saturated heterocycles. The van der Waals surface area contributed by atoms with Gasteiger partial charge in [0.1, 0.15) is 6.04 Å². The zero-order valence-electron chi connectivity index (χ0n) is 15.9. The van der Waals surface area contributed by atoms with E-state index in [2.05, 4.69) is 41.0 Å². The molecule has 3 aliphatic heterocycles. The second-order valence-corrected chi connectivity index (χ2v) is 7.64. The molecule has 148 valence electrons. The number of imide groups is 1. The number of carbonyl (C=O) groups excluding carboxylic acids is 2. The van der Waals surface area contributed by atoms with E-state index in [1.54, 1.807) is 4.90 Å². The van der Waals surface area contributed by atoms with Crippen molar-refractivity contribution in [3.8, 4) is 0 Å². The summed E-state index contributed by atoms with van der Waals surface area (Å²) in [6.45, 7) is 8.48. The highest BCUT2D eigenvalue weighted by Gasteiger charge is 2.46. The third-order valence-corrected chi connectivity index (χ3v) is 5.91. The molecule has 1 atom stereocenters. The molecule has 1 unspecified atom stereocenters. The number of nitrogens with zero attached hydrogens (tertiary/aromatic N) is 4. The van der Waals surface area contributed by atoms with Gasteiger partial charge in [-0.3, -0.25) is 14.6 Å². The van der Waals surface area contributed by atoms with Gasteiger partial charge in [0, 0.05) is 45.0 Å². The number of rotatable bonds is 5. The standard InChI is InChI=1S/C20H28N4O2.ClH/c1-16-5-7-17(8-6-16)22-14-12-21(13-15-22)9-3-11-24-19(25)18-4-2-10-23(18)20(24)26;/h5-8,18H,2-4,9-15H2,1H3;1H/p-1. The van der Waals surface area contributed by atoms with E-state index in [1.807, 2.05) is 0 Å². The number of hydrogen-bond acceptors (Lipinski definition) is 4. The normalized spacial score (nSPS) is 23.0. The summed E-state index contributed by atoms with van der Waals surface area (Å²) in [4.78, 5) is 32.8. The van der Waals surface area contributed by atoms with Crippen LogP contribution in [0.4, 0.5) is 10.5 Å². The number of fused-ring (bicyclic) bond motifs is 1. The lowest BCUT2D eigenvalue weighted by Gasteiger charge is -2.36. The molecule has 0 saturated carbocycles. The lowest BCUT2D eigenvalue weighted by atomic mass is 10.2. The Balaban J connectivity index is 0.00000210. The number of aryl methyl sites for hydroxylation is 1. The molecule has 4 rings (SSSR count). The van der Waals surface area contributed by atoms with Crippen LogP contribution < -0.4 is 17.3 Å². The maximum atomic E-state index is 12.3. The van der Waals surface area contributed by atoms with Crippen LogP contribution in [0.2, 0.25) is 0 Å². The molecule has 1 aromatic carbocycles. The van der Waals surface area contributed by atoms with Crippen molar-refractivity contribution in [2.75, 3.05) is 50.7 Å². The molecule has 0 aromatic heterocycles. The van der Waals surface area contributed by atoms with Crippen LogP contribution in [0.3, 0.4) is 0 Å². The lowest BCUT2D eigenvalue weighted by Crippen LogP contribution is -3.00. The fraction of sp³-hybridized carbons (Fsp3) is 0.600. The number of piperazine rings is 1. The Hall–Kier alpha value is -1.79. The molecule has 0 radical (unpaired) electrons. The molecule has 3 aliphatic rings. The highest BCUT2D eigenvalue weighted by atomic mass is 35.5. The molecular formula is C20H28ClN4O2-. The van der Waals surface area contributed by atoms with Crippen molar-refractivity contribution >= 4 is 17.6 Å². The zero-order valence-corrected chi connectivity index (χ0v) is 16.7. The number of anilines is 1. The van der Waals surface area contributed by atoms with E-state index in [-0.39, 0.29) is 30.4 Å². The molecule has 0 N–H and O–H groups in total. The van der Waals surface area contributed by atoms with Gasteiger partial charge in [0.2, 0.25) is 0 Å². The molecule has 0 bridgehead atoms. The van der Waals surface area contributed by atoms with Crippen molar-refractivity contribution in [3.05, 3.63) is 29.8 Å². The molecule has 3 heterocycles. The van der Waals surface area contributed by atoms with Gasteiger partial charge < -0.3 is 22.2 Å².